The molecule has 0 radical (unpaired) electrons. The molecule has 2 amide bonds. The average molecular weight is 393 g/mol. The number of benzene rings is 2. The molecule has 0 saturated carbocycles. The van der Waals surface area contributed by atoms with Crippen LogP contribution in [0.3, 0.4) is 0 Å². The summed E-state index contributed by atoms with van der Waals surface area (Å²) in [7, 11) is 3.00. The van der Waals surface area contributed by atoms with E-state index in [-0.39, 0.29) is 17.3 Å². The lowest BCUT2D eigenvalue weighted by atomic mass is 10.1. The van der Waals surface area contributed by atoms with Gasteiger partial charge in [0.25, 0.3) is 0 Å². The van der Waals surface area contributed by atoms with Gasteiger partial charge in [0.05, 0.1) is 19.9 Å². The lowest BCUT2D eigenvalue weighted by Crippen LogP contribution is -2.33. The highest BCUT2D eigenvalue weighted by Crippen LogP contribution is 2.32. The molecular formula is C19H18ClFN2O4. The topological polar surface area (TPSA) is 67.9 Å². The predicted octanol–water partition coefficient (Wildman–Crippen LogP) is 3.49. The second kappa shape index (κ2) is 7.84. The number of hydrogen-bond acceptors (Lipinski definition) is 4. The third kappa shape index (κ3) is 3.83. The van der Waals surface area contributed by atoms with Crippen LogP contribution in [0.4, 0.5) is 15.8 Å². The largest absolute Gasteiger partial charge is 0.493 e. The standard InChI is InChI=1S/C19H18ClFN2O4/c1-26-16-6-4-12(10-17(16)27-2)22-18(24)13-7-8-23(19(13)25)15-5-3-11(20)9-14(15)21/h3-6,9-10,13H,7-8H2,1-2H3,(H,22,24). The first-order valence-electron chi connectivity index (χ1n) is 8.24. The van der Waals surface area contributed by atoms with Crippen LogP contribution in [-0.2, 0) is 9.59 Å². The van der Waals surface area contributed by atoms with Gasteiger partial charge in [-0.1, -0.05) is 11.6 Å². The summed E-state index contributed by atoms with van der Waals surface area (Å²) in [5.41, 5.74) is 0.590. The van der Waals surface area contributed by atoms with Gasteiger partial charge in [-0.2, -0.15) is 0 Å². The molecule has 1 fully saturated rings. The zero-order chi connectivity index (χ0) is 19.6. The summed E-state index contributed by atoms with van der Waals surface area (Å²) in [6.45, 7) is 0.251. The molecule has 0 bridgehead atoms. The SMILES string of the molecule is COc1ccc(NC(=O)C2CCN(c3ccc(Cl)cc3F)C2=O)cc1OC. The first-order valence-corrected chi connectivity index (χ1v) is 8.61. The molecule has 6 nitrogen and oxygen atoms in total. The van der Waals surface area contributed by atoms with E-state index in [1.165, 1.54) is 31.3 Å². The second-order valence-electron chi connectivity index (χ2n) is 5.99. The Bertz CT molecular complexity index is 890. The minimum absolute atomic E-state index is 0.116. The summed E-state index contributed by atoms with van der Waals surface area (Å²) in [6, 6.07) is 8.98. The maximum absolute atomic E-state index is 14.1. The van der Waals surface area contributed by atoms with Gasteiger partial charge in [0.1, 0.15) is 11.7 Å². The Labute approximate surface area is 160 Å². The number of hydrogen-bond donors (Lipinski definition) is 1. The Balaban J connectivity index is 1.74. The molecule has 1 unspecified atom stereocenters. The molecule has 1 saturated heterocycles. The highest BCUT2D eigenvalue weighted by atomic mass is 35.5. The highest BCUT2D eigenvalue weighted by molar-refractivity contribution is 6.30. The molecule has 1 N–H and O–H groups in total. The van der Waals surface area contributed by atoms with Crippen LogP contribution in [0.5, 0.6) is 11.5 Å². The monoisotopic (exact) mass is 392 g/mol. The van der Waals surface area contributed by atoms with E-state index in [1.807, 2.05) is 0 Å². The smallest absolute Gasteiger partial charge is 0.239 e. The molecule has 0 aromatic heterocycles. The Morgan fingerprint density at radius 1 is 1.19 bits per heavy atom. The third-order valence-corrected chi connectivity index (χ3v) is 4.61. The number of rotatable bonds is 5. The number of amides is 2. The van der Waals surface area contributed by atoms with Crippen LogP contribution in [0.1, 0.15) is 6.42 Å². The molecule has 1 aliphatic heterocycles. The first kappa shape index (κ1) is 19.0. The number of halogens is 2. The van der Waals surface area contributed by atoms with Gasteiger partial charge in [-0.15, -0.1) is 0 Å². The van der Waals surface area contributed by atoms with E-state index in [4.69, 9.17) is 21.1 Å². The summed E-state index contributed by atoms with van der Waals surface area (Å²) >= 11 is 5.75. The van der Waals surface area contributed by atoms with Crippen LogP contribution < -0.4 is 19.7 Å². The molecule has 1 aliphatic rings. The minimum atomic E-state index is -0.895. The molecule has 27 heavy (non-hydrogen) atoms. The van der Waals surface area contributed by atoms with E-state index in [2.05, 4.69) is 5.32 Å². The van der Waals surface area contributed by atoms with Crippen molar-refractivity contribution in [3.05, 3.63) is 47.2 Å². The van der Waals surface area contributed by atoms with Crippen LogP contribution in [0.15, 0.2) is 36.4 Å². The molecule has 1 atom stereocenters. The van der Waals surface area contributed by atoms with Gasteiger partial charge in [0.2, 0.25) is 11.8 Å². The maximum atomic E-state index is 14.1. The summed E-state index contributed by atoms with van der Waals surface area (Å²) in [4.78, 5) is 26.4. The Hall–Kier alpha value is -2.80. The fourth-order valence-electron chi connectivity index (χ4n) is 3.01. The van der Waals surface area contributed by atoms with Gasteiger partial charge in [-0.05, 0) is 36.8 Å². The van der Waals surface area contributed by atoms with Crippen LogP contribution in [0.2, 0.25) is 5.02 Å². The predicted molar refractivity (Wildman–Crippen MR) is 100 cm³/mol. The molecule has 0 spiro atoms. The second-order valence-corrected chi connectivity index (χ2v) is 6.42. The molecule has 2 aromatic rings. The Morgan fingerprint density at radius 2 is 1.93 bits per heavy atom. The lowest BCUT2D eigenvalue weighted by molar-refractivity contribution is -0.129. The fraction of sp³-hybridized carbons (Fsp3) is 0.263. The van der Waals surface area contributed by atoms with Crippen molar-refractivity contribution in [3.8, 4) is 11.5 Å². The maximum Gasteiger partial charge on any atom is 0.239 e. The van der Waals surface area contributed by atoms with Crippen molar-refractivity contribution >= 4 is 34.8 Å². The molecule has 8 heteroatoms. The van der Waals surface area contributed by atoms with Gasteiger partial charge >= 0.3 is 0 Å². The molecule has 2 aromatic carbocycles. The number of nitrogens with one attached hydrogen (secondary N) is 1. The number of carbonyl (C=O) groups is 2. The van der Waals surface area contributed by atoms with Crippen molar-refractivity contribution < 1.29 is 23.5 Å². The van der Waals surface area contributed by atoms with E-state index in [0.717, 1.165) is 6.07 Å². The molecular weight excluding hydrogens is 375 g/mol. The van der Waals surface area contributed by atoms with Gasteiger partial charge in [-0.25, -0.2) is 4.39 Å². The van der Waals surface area contributed by atoms with Gasteiger partial charge in [0.15, 0.2) is 11.5 Å². The minimum Gasteiger partial charge on any atom is -0.493 e. The normalized spacial score (nSPS) is 16.4. The van der Waals surface area contributed by atoms with Crippen LogP contribution in [0.25, 0.3) is 0 Å². The Kier molecular flexibility index (Phi) is 5.51. The molecule has 142 valence electrons. The van der Waals surface area contributed by atoms with Crippen molar-refractivity contribution in [2.75, 3.05) is 31.0 Å². The first-order chi connectivity index (χ1) is 12.9. The number of carbonyl (C=O) groups excluding carboxylic acids is 2. The number of nitrogens with zero attached hydrogens (tertiary/aromatic N) is 1. The number of methoxy groups -OCH3 is 2. The quantitative estimate of drug-likeness (QED) is 0.791. The highest BCUT2D eigenvalue weighted by Gasteiger charge is 2.38. The van der Waals surface area contributed by atoms with Crippen LogP contribution >= 0.6 is 11.6 Å². The summed E-state index contributed by atoms with van der Waals surface area (Å²) in [5, 5.41) is 2.94. The molecule has 0 aliphatic carbocycles. The summed E-state index contributed by atoms with van der Waals surface area (Å²) in [5.74, 6) is -1.42. The van der Waals surface area contributed by atoms with E-state index in [9.17, 15) is 14.0 Å². The number of ether oxygens (including phenoxy) is 2. The van der Waals surface area contributed by atoms with Gasteiger partial charge in [-0.3, -0.25) is 9.59 Å². The van der Waals surface area contributed by atoms with Crippen molar-refractivity contribution in [1.82, 2.24) is 0 Å². The third-order valence-electron chi connectivity index (χ3n) is 4.37. The van der Waals surface area contributed by atoms with Crippen LogP contribution in [0, 0.1) is 11.7 Å². The van der Waals surface area contributed by atoms with Crippen LogP contribution in [-0.4, -0.2) is 32.6 Å². The lowest BCUT2D eigenvalue weighted by Gasteiger charge is -2.18. The van der Waals surface area contributed by atoms with E-state index in [0.29, 0.717) is 23.6 Å². The van der Waals surface area contributed by atoms with E-state index >= 15 is 0 Å². The zero-order valence-electron chi connectivity index (χ0n) is 14.8. The van der Waals surface area contributed by atoms with E-state index < -0.39 is 23.5 Å². The average Bonchev–Trinajstić information content (AvgIpc) is 3.03. The van der Waals surface area contributed by atoms with Crippen molar-refractivity contribution in [2.45, 2.75) is 6.42 Å². The molecule has 1 heterocycles. The summed E-state index contributed by atoms with van der Waals surface area (Å²) in [6.07, 6.45) is 0.292. The van der Waals surface area contributed by atoms with Gasteiger partial charge in [0, 0.05) is 23.3 Å². The Morgan fingerprint density at radius 3 is 2.59 bits per heavy atom. The van der Waals surface area contributed by atoms with E-state index in [1.54, 1.807) is 18.2 Å². The molecule has 3 rings (SSSR count). The summed E-state index contributed by atoms with van der Waals surface area (Å²) < 4.78 is 24.5. The zero-order valence-corrected chi connectivity index (χ0v) is 15.5. The van der Waals surface area contributed by atoms with Crippen molar-refractivity contribution in [2.24, 2.45) is 5.92 Å². The van der Waals surface area contributed by atoms with Crippen molar-refractivity contribution in [3.63, 3.8) is 0 Å². The number of anilines is 2. The fourth-order valence-corrected chi connectivity index (χ4v) is 3.16. The van der Waals surface area contributed by atoms with Gasteiger partial charge < -0.3 is 19.7 Å². The van der Waals surface area contributed by atoms with Crippen molar-refractivity contribution in [1.29, 1.82) is 0 Å².